The summed E-state index contributed by atoms with van der Waals surface area (Å²) in [5, 5.41) is 19.0. The second kappa shape index (κ2) is 15.4. The molecule has 0 aliphatic carbocycles. The van der Waals surface area contributed by atoms with Crippen LogP contribution < -0.4 is 4.90 Å². The monoisotopic (exact) mass is 480 g/mol. The van der Waals surface area contributed by atoms with Crippen LogP contribution in [0.5, 0.6) is 0 Å². The van der Waals surface area contributed by atoms with Crippen molar-refractivity contribution in [1.82, 2.24) is 0 Å². The standard InChI is InChI=1S/C27H36N4O4/c1-22(2)27(32)35-21-11-9-7-5-4-6-8-10-20-30(3)25-16-12-23(13-17-25)28-29-24-14-18-26(19-15-24)31(33)34/h12-19H,1,4-11,20-21H2,2-3H3. The number of ether oxygens (including phenoxy) is 1. The Hall–Kier alpha value is -3.55. The number of hydrogen-bond acceptors (Lipinski definition) is 7. The highest BCUT2D eigenvalue weighted by atomic mass is 16.6. The zero-order valence-corrected chi connectivity index (χ0v) is 20.8. The predicted molar refractivity (Wildman–Crippen MR) is 140 cm³/mol. The van der Waals surface area contributed by atoms with Crippen molar-refractivity contribution in [3.05, 3.63) is 70.8 Å². The lowest BCUT2D eigenvalue weighted by Crippen LogP contribution is -2.18. The summed E-state index contributed by atoms with van der Waals surface area (Å²) < 4.78 is 5.10. The molecule has 0 unspecified atom stereocenters. The first-order chi connectivity index (χ1) is 16.9. The third-order valence-corrected chi connectivity index (χ3v) is 5.60. The molecule has 0 heterocycles. The number of non-ortho nitro benzene ring substituents is 1. The number of carbonyl (C=O) groups excluding carboxylic acids is 1. The molecular weight excluding hydrogens is 444 g/mol. The van der Waals surface area contributed by atoms with E-state index in [1.165, 1.54) is 44.2 Å². The zero-order chi connectivity index (χ0) is 25.5. The quantitative estimate of drug-likeness (QED) is 0.0612. The molecule has 0 aliphatic heterocycles. The smallest absolute Gasteiger partial charge is 0.333 e. The lowest BCUT2D eigenvalue weighted by atomic mass is 10.1. The molecule has 188 valence electrons. The average molecular weight is 481 g/mol. The van der Waals surface area contributed by atoms with Crippen molar-refractivity contribution >= 4 is 28.7 Å². The molecule has 0 spiro atoms. The summed E-state index contributed by atoms with van der Waals surface area (Å²) in [5.74, 6) is -0.295. The van der Waals surface area contributed by atoms with Gasteiger partial charge in [-0.3, -0.25) is 10.1 Å². The summed E-state index contributed by atoms with van der Waals surface area (Å²) in [5.41, 5.74) is 2.92. The van der Waals surface area contributed by atoms with Crippen molar-refractivity contribution in [2.45, 2.75) is 58.3 Å². The Morgan fingerprint density at radius 1 is 0.886 bits per heavy atom. The summed E-state index contributed by atoms with van der Waals surface area (Å²) in [6.07, 6.45) is 9.25. The second-order valence-electron chi connectivity index (χ2n) is 8.66. The number of esters is 1. The van der Waals surface area contributed by atoms with Crippen LogP contribution in [0.3, 0.4) is 0 Å². The zero-order valence-electron chi connectivity index (χ0n) is 20.8. The number of carbonyl (C=O) groups is 1. The van der Waals surface area contributed by atoms with Gasteiger partial charge >= 0.3 is 5.97 Å². The van der Waals surface area contributed by atoms with E-state index in [9.17, 15) is 14.9 Å². The second-order valence-corrected chi connectivity index (χ2v) is 8.66. The van der Waals surface area contributed by atoms with Gasteiger partial charge in [-0.1, -0.05) is 45.1 Å². The minimum atomic E-state index is -0.437. The van der Waals surface area contributed by atoms with Crippen LogP contribution in [0, 0.1) is 10.1 Å². The van der Waals surface area contributed by atoms with Crippen LogP contribution in [-0.4, -0.2) is 31.1 Å². The highest BCUT2D eigenvalue weighted by Gasteiger charge is 2.04. The van der Waals surface area contributed by atoms with E-state index in [0.29, 0.717) is 17.9 Å². The van der Waals surface area contributed by atoms with Crippen LogP contribution >= 0.6 is 0 Å². The highest BCUT2D eigenvalue weighted by Crippen LogP contribution is 2.23. The van der Waals surface area contributed by atoms with Gasteiger partial charge in [0, 0.05) is 37.0 Å². The lowest BCUT2D eigenvalue weighted by Gasteiger charge is -2.19. The molecule has 0 fully saturated rings. The van der Waals surface area contributed by atoms with E-state index in [-0.39, 0.29) is 11.7 Å². The molecule has 0 aliphatic rings. The van der Waals surface area contributed by atoms with Gasteiger partial charge in [-0.05, 0) is 56.2 Å². The minimum absolute atomic E-state index is 0.0343. The molecule has 0 bridgehead atoms. The Kier molecular flexibility index (Phi) is 12.2. The SMILES string of the molecule is C=C(C)C(=O)OCCCCCCCCCCN(C)c1ccc(N=Nc2ccc([N+](=O)[O-])cc2)cc1. The van der Waals surface area contributed by atoms with Crippen molar-refractivity contribution in [3.63, 3.8) is 0 Å². The van der Waals surface area contributed by atoms with Crippen LogP contribution in [0.2, 0.25) is 0 Å². The fourth-order valence-electron chi connectivity index (χ4n) is 3.46. The van der Waals surface area contributed by atoms with Crippen LogP contribution in [0.15, 0.2) is 70.9 Å². The van der Waals surface area contributed by atoms with Gasteiger partial charge in [-0.2, -0.15) is 10.2 Å². The van der Waals surface area contributed by atoms with Gasteiger partial charge in [-0.15, -0.1) is 0 Å². The van der Waals surface area contributed by atoms with E-state index >= 15 is 0 Å². The van der Waals surface area contributed by atoms with Crippen LogP contribution in [0.1, 0.15) is 58.3 Å². The Morgan fingerprint density at radius 2 is 1.37 bits per heavy atom. The van der Waals surface area contributed by atoms with Gasteiger partial charge in [-0.25, -0.2) is 4.79 Å². The number of nitro groups is 1. The molecule has 0 saturated heterocycles. The molecule has 0 N–H and O–H groups in total. The molecule has 0 amide bonds. The highest BCUT2D eigenvalue weighted by molar-refractivity contribution is 5.86. The number of nitro benzene ring substituents is 1. The van der Waals surface area contributed by atoms with E-state index in [1.807, 2.05) is 24.3 Å². The van der Waals surface area contributed by atoms with Crippen LogP contribution in [0.25, 0.3) is 0 Å². The van der Waals surface area contributed by atoms with Crippen molar-refractivity contribution in [1.29, 1.82) is 0 Å². The Morgan fingerprint density at radius 3 is 1.89 bits per heavy atom. The van der Waals surface area contributed by atoms with E-state index in [0.717, 1.165) is 37.2 Å². The Balaban J connectivity index is 1.57. The number of nitrogens with zero attached hydrogens (tertiary/aromatic N) is 4. The molecule has 0 radical (unpaired) electrons. The normalized spacial score (nSPS) is 10.9. The third-order valence-electron chi connectivity index (χ3n) is 5.60. The number of benzene rings is 2. The molecule has 35 heavy (non-hydrogen) atoms. The number of rotatable bonds is 16. The van der Waals surface area contributed by atoms with E-state index in [1.54, 1.807) is 19.1 Å². The summed E-state index contributed by atoms with van der Waals surface area (Å²) in [6, 6.07) is 13.9. The fourth-order valence-corrected chi connectivity index (χ4v) is 3.46. The Bertz CT molecular complexity index is 972. The molecule has 0 atom stereocenters. The predicted octanol–water partition coefficient (Wildman–Crippen LogP) is 7.69. The van der Waals surface area contributed by atoms with Gasteiger partial charge in [0.25, 0.3) is 5.69 Å². The fraction of sp³-hybridized carbons (Fsp3) is 0.444. The molecule has 0 aromatic heterocycles. The first-order valence-corrected chi connectivity index (χ1v) is 12.2. The Labute approximate surface area is 207 Å². The van der Waals surface area contributed by atoms with Crippen molar-refractivity contribution in [3.8, 4) is 0 Å². The minimum Gasteiger partial charge on any atom is -0.462 e. The number of azo groups is 1. The van der Waals surface area contributed by atoms with Gasteiger partial charge < -0.3 is 9.64 Å². The van der Waals surface area contributed by atoms with Crippen LogP contribution in [-0.2, 0) is 9.53 Å². The van der Waals surface area contributed by atoms with Crippen LogP contribution in [0.4, 0.5) is 22.7 Å². The molecule has 8 heteroatoms. The van der Waals surface area contributed by atoms with E-state index in [2.05, 4.69) is 28.8 Å². The van der Waals surface area contributed by atoms with Crippen molar-refractivity contribution < 1.29 is 14.5 Å². The maximum Gasteiger partial charge on any atom is 0.333 e. The van der Waals surface area contributed by atoms with E-state index < -0.39 is 4.92 Å². The maximum atomic E-state index is 11.3. The van der Waals surface area contributed by atoms with Crippen molar-refractivity contribution in [2.75, 3.05) is 25.1 Å². The molecule has 2 rings (SSSR count). The van der Waals surface area contributed by atoms with Gasteiger partial charge in [0.05, 0.1) is 22.9 Å². The topological polar surface area (TPSA) is 97.4 Å². The molecule has 0 saturated carbocycles. The summed E-state index contributed by atoms with van der Waals surface area (Å²) in [4.78, 5) is 23.8. The first kappa shape index (κ1) is 27.7. The third kappa shape index (κ3) is 10.9. The first-order valence-electron chi connectivity index (χ1n) is 12.2. The van der Waals surface area contributed by atoms with Gasteiger partial charge in [0.15, 0.2) is 0 Å². The molecule has 2 aromatic carbocycles. The van der Waals surface area contributed by atoms with E-state index in [4.69, 9.17) is 4.74 Å². The maximum absolute atomic E-state index is 11.3. The summed E-state index contributed by atoms with van der Waals surface area (Å²) in [6.45, 7) is 6.72. The van der Waals surface area contributed by atoms with Crippen molar-refractivity contribution in [2.24, 2.45) is 10.2 Å². The summed E-state index contributed by atoms with van der Waals surface area (Å²) >= 11 is 0. The number of unbranched alkanes of at least 4 members (excludes halogenated alkanes) is 7. The van der Waals surface area contributed by atoms with Gasteiger partial charge in [0.2, 0.25) is 0 Å². The summed E-state index contributed by atoms with van der Waals surface area (Å²) in [7, 11) is 2.09. The molecule has 2 aromatic rings. The molecule has 8 nitrogen and oxygen atoms in total. The lowest BCUT2D eigenvalue weighted by molar-refractivity contribution is -0.384. The van der Waals surface area contributed by atoms with Gasteiger partial charge in [0.1, 0.15) is 0 Å². The number of anilines is 1. The molecular formula is C27H36N4O4. The average Bonchev–Trinajstić information content (AvgIpc) is 2.86. The largest absolute Gasteiger partial charge is 0.462 e. The number of hydrogen-bond donors (Lipinski definition) is 0.